The van der Waals surface area contributed by atoms with Gasteiger partial charge < -0.3 is 20.3 Å². The van der Waals surface area contributed by atoms with E-state index in [-0.39, 0.29) is 36.1 Å². The first-order valence-electron chi connectivity index (χ1n) is 10.4. The highest BCUT2D eigenvalue weighted by molar-refractivity contribution is 5.90. The average molecular weight is 404 g/mol. The lowest BCUT2D eigenvalue weighted by Gasteiger charge is -2.28. The molecule has 0 saturated carbocycles. The van der Waals surface area contributed by atoms with Crippen molar-refractivity contribution in [3.63, 3.8) is 0 Å². The summed E-state index contributed by atoms with van der Waals surface area (Å²) in [6, 6.07) is 7.26. The third-order valence-electron chi connectivity index (χ3n) is 5.23. The van der Waals surface area contributed by atoms with Crippen LogP contribution in [0.1, 0.15) is 51.6 Å². The molecule has 1 aliphatic rings. The molecule has 29 heavy (non-hydrogen) atoms. The zero-order chi connectivity index (χ0) is 21.4. The van der Waals surface area contributed by atoms with Gasteiger partial charge in [-0.05, 0) is 24.1 Å². The number of ether oxygens (including phenoxy) is 1. The van der Waals surface area contributed by atoms with E-state index in [1.807, 2.05) is 43.0 Å². The molecule has 1 heterocycles. The van der Waals surface area contributed by atoms with Crippen LogP contribution in [0.5, 0.6) is 5.75 Å². The van der Waals surface area contributed by atoms with Crippen molar-refractivity contribution in [1.82, 2.24) is 15.5 Å². The summed E-state index contributed by atoms with van der Waals surface area (Å²) in [5.74, 6) is -0.00000532. The van der Waals surface area contributed by atoms with E-state index in [9.17, 15) is 14.4 Å². The molecule has 7 heteroatoms. The zero-order valence-corrected chi connectivity index (χ0v) is 17.9. The Morgan fingerprint density at radius 2 is 1.83 bits per heavy atom. The van der Waals surface area contributed by atoms with E-state index in [1.54, 1.807) is 7.11 Å². The summed E-state index contributed by atoms with van der Waals surface area (Å²) in [5.41, 5.74) is 0.931. The highest BCUT2D eigenvalue weighted by atomic mass is 16.5. The molecule has 0 bridgehead atoms. The van der Waals surface area contributed by atoms with Crippen LogP contribution in [0, 0.1) is 11.8 Å². The van der Waals surface area contributed by atoms with E-state index >= 15 is 0 Å². The summed E-state index contributed by atoms with van der Waals surface area (Å²) in [4.78, 5) is 39.0. The zero-order valence-electron chi connectivity index (χ0n) is 17.9. The lowest BCUT2D eigenvalue weighted by atomic mass is 9.92. The number of hydrogen-bond donors (Lipinski definition) is 2. The number of amides is 3. The van der Waals surface area contributed by atoms with Gasteiger partial charge in [-0.1, -0.05) is 39.3 Å². The molecule has 2 atom stereocenters. The third kappa shape index (κ3) is 5.95. The Morgan fingerprint density at radius 1 is 1.17 bits per heavy atom. The summed E-state index contributed by atoms with van der Waals surface area (Å²) in [6.45, 7) is 7.08. The number of nitrogens with one attached hydrogen (secondary N) is 2. The second-order valence-corrected chi connectivity index (χ2v) is 7.71. The molecule has 0 radical (unpaired) electrons. The SMILES string of the molecule is CCCCN1C(=O)C[C@@H](C(=O)NCCNC(=O)C(C)C)[C@@H]1c1ccc(OC)cc1. The first kappa shape index (κ1) is 22.7. The number of carbonyl (C=O) groups is 3. The van der Waals surface area contributed by atoms with Crippen LogP contribution in [0.3, 0.4) is 0 Å². The lowest BCUT2D eigenvalue weighted by Crippen LogP contribution is -2.40. The molecule has 1 aromatic rings. The van der Waals surface area contributed by atoms with Crippen molar-refractivity contribution in [1.29, 1.82) is 0 Å². The van der Waals surface area contributed by atoms with Crippen molar-refractivity contribution in [3.8, 4) is 5.75 Å². The molecule has 2 rings (SSSR count). The van der Waals surface area contributed by atoms with Crippen LogP contribution in [-0.4, -0.2) is 49.4 Å². The minimum Gasteiger partial charge on any atom is -0.497 e. The summed E-state index contributed by atoms with van der Waals surface area (Å²) in [7, 11) is 1.61. The number of rotatable bonds is 10. The number of methoxy groups -OCH3 is 1. The fourth-order valence-corrected chi connectivity index (χ4v) is 3.54. The minimum absolute atomic E-state index is 0.00697. The monoisotopic (exact) mass is 403 g/mol. The predicted molar refractivity (Wildman–Crippen MR) is 111 cm³/mol. The Balaban J connectivity index is 2.09. The lowest BCUT2D eigenvalue weighted by molar-refractivity contribution is -0.129. The smallest absolute Gasteiger partial charge is 0.226 e. The maximum Gasteiger partial charge on any atom is 0.226 e. The predicted octanol–water partition coefficient (Wildman–Crippen LogP) is 2.27. The summed E-state index contributed by atoms with van der Waals surface area (Å²) < 4.78 is 5.23. The van der Waals surface area contributed by atoms with E-state index < -0.39 is 5.92 Å². The van der Waals surface area contributed by atoms with Crippen molar-refractivity contribution in [2.75, 3.05) is 26.7 Å². The molecule has 0 unspecified atom stereocenters. The first-order valence-corrected chi connectivity index (χ1v) is 10.4. The van der Waals surface area contributed by atoms with Gasteiger partial charge in [0.2, 0.25) is 17.7 Å². The molecule has 160 valence electrons. The largest absolute Gasteiger partial charge is 0.497 e. The highest BCUT2D eigenvalue weighted by Crippen LogP contribution is 2.39. The van der Waals surface area contributed by atoms with Crippen molar-refractivity contribution < 1.29 is 19.1 Å². The van der Waals surface area contributed by atoms with E-state index in [0.29, 0.717) is 19.6 Å². The third-order valence-corrected chi connectivity index (χ3v) is 5.23. The van der Waals surface area contributed by atoms with Crippen molar-refractivity contribution in [2.45, 2.75) is 46.1 Å². The molecule has 3 amide bonds. The Morgan fingerprint density at radius 3 is 2.41 bits per heavy atom. The number of likely N-dealkylation sites (tertiary alicyclic amines) is 1. The van der Waals surface area contributed by atoms with Crippen LogP contribution in [-0.2, 0) is 14.4 Å². The molecule has 1 fully saturated rings. The van der Waals surface area contributed by atoms with E-state index in [1.165, 1.54) is 0 Å². The van der Waals surface area contributed by atoms with Gasteiger partial charge >= 0.3 is 0 Å². The minimum atomic E-state index is -0.450. The van der Waals surface area contributed by atoms with Gasteiger partial charge in [0, 0.05) is 32.0 Å². The quantitative estimate of drug-likeness (QED) is 0.587. The summed E-state index contributed by atoms with van der Waals surface area (Å²) >= 11 is 0. The fraction of sp³-hybridized carbons (Fsp3) is 0.591. The Kier molecular flexibility index (Phi) is 8.49. The molecule has 1 saturated heterocycles. The molecule has 7 nitrogen and oxygen atoms in total. The normalized spacial score (nSPS) is 18.8. The topological polar surface area (TPSA) is 87.7 Å². The molecule has 0 aliphatic carbocycles. The molecule has 0 aromatic heterocycles. The van der Waals surface area contributed by atoms with Gasteiger partial charge in [0.1, 0.15) is 5.75 Å². The van der Waals surface area contributed by atoms with Crippen LogP contribution in [0.4, 0.5) is 0 Å². The Bertz CT molecular complexity index is 703. The Labute approximate surface area is 173 Å². The van der Waals surface area contributed by atoms with Gasteiger partial charge in [0.25, 0.3) is 0 Å². The van der Waals surface area contributed by atoms with Gasteiger partial charge in [-0.25, -0.2) is 0 Å². The van der Waals surface area contributed by atoms with Crippen LogP contribution < -0.4 is 15.4 Å². The van der Waals surface area contributed by atoms with Crippen LogP contribution in [0.25, 0.3) is 0 Å². The second-order valence-electron chi connectivity index (χ2n) is 7.71. The maximum atomic E-state index is 12.9. The Hall–Kier alpha value is -2.57. The highest BCUT2D eigenvalue weighted by Gasteiger charge is 2.43. The van der Waals surface area contributed by atoms with Crippen LogP contribution in [0.15, 0.2) is 24.3 Å². The molecular weight excluding hydrogens is 370 g/mol. The van der Waals surface area contributed by atoms with Crippen LogP contribution in [0.2, 0.25) is 0 Å². The van der Waals surface area contributed by atoms with Gasteiger partial charge in [0.05, 0.1) is 19.1 Å². The molecule has 0 spiro atoms. The van der Waals surface area contributed by atoms with E-state index in [2.05, 4.69) is 17.6 Å². The van der Waals surface area contributed by atoms with Crippen LogP contribution >= 0.6 is 0 Å². The van der Waals surface area contributed by atoms with Gasteiger partial charge in [-0.15, -0.1) is 0 Å². The number of hydrogen-bond acceptors (Lipinski definition) is 4. The molecule has 1 aromatic carbocycles. The van der Waals surface area contributed by atoms with Gasteiger partial charge in [-0.2, -0.15) is 0 Å². The number of unbranched alkanes of at least 4 members (excludes halogenated alkanes) is 1. The van der Waals surface area contributed by atoms with E-state index in [0.717, 1.165) is 24.2 Å². The summed E-state index contributed by atoms with van der Waals surface area (Å²) in [5, 5.41) is 5.67. The number of benzene rings is 1. The standard InChI is InChI=1S/C22H33N3O4/c1-5-6-13-25-19(26)14-18(20(25)16-7-9-17(29-4)10-8-16)22(28)24-12-11-23-21(27)15(2)3/h7-10,15,18,20H,5-6,11-14H2,1-4H3,(H,23,27)(H,24,28)/t18-,20+/m1/s1. The van der Waals surface area contributed by atoms with Gasteiger partial charge in [0.15, 0.2) is 0 Å². The van der Waals surface area contributed by atoms with Gasteiger partial charge in [-0.3, -0.25) is 14.4 Å². The first-order chi connectivity index (χ1) is 13.9. The van der Waals surface area contributed by atoms with Crippen molar-refractivity contribution in [2.24, 2.45) is 11.8 Å². The molecule has 1 aliphatic heterocycles. The van der Waals surface area contributed by atoms with Crippen molar-refractivity contribution >= 4 is 17.7 Å². The molecular formula is C22H33N3O4. The number of carbonyl (C=O) groups excluding carboxylic acids is 3. The summed E-state index contributed by atoms with van der Waals surface area (Å²) in [6.07, 6.45) is 2.07. The maximum absolute atomic E-state index is 12.9. The molecule has 2 N–H and O–H groups in total. The average Bonchev–Trinajstić information content (AvgIpc) is 3.05. The van der Waals surface area contributed by atoms with E-state index in [4.69, 9.17) is 4.74 Å². The van der Waals surface area contributed by atoms with Crippen molar-refractivity contribution in [3.05, 3.63) is 29.8 Å². The second kappa shape index (κ2) is 10.8. The number of nitrogens with zero attached hydrogens (tertiary/aromatic N) is 1. The fourth-order valence-electron chi connectivity index (χ4n) is 3.54.